The van der Waals surface area contributed by atoms with E-state index in [0.717, 1.165) is 18.6 Å². The molecule has 0 aromatic heterocycles. The molecule has 4 heteroatoms. The van der Waals surface area contributed by atoms with Crippen LogP contribution in [-0.2, 0) is 6.42 Å². The first kappa shape index (κ1) is 17.4. The van der Waals surface area contributed by atoms with Gasteiger partial charge in [0.15, 0.2) is 0 Å². The molecule has 1 N–H and O–H groups in total. The lowest BCUT2D eigenvalue weighted by molar-refractivity contribution is 0.0953. The Morgan fingerprint density at radius 2 is 1.96 bits per heavy atom. The highest BCUT2D eigenvalue weighted by atomic mass is 35.5. The fourth-order valence-electron chi connectivity index (χ4n) is 2.28. The molecule has 2 aromatic rings. The predicted molar refractivity (Wildman–Crippen MR) is 94.3 cm³/mol. The number of hydrogen-bond acceptors (Lipinski definition) is 2. The first-order valence-electron chi connectivity index (χ1n) is 7.84. The third kappa shape index (κ3) is 5.61. The second-order valence-corrected chi connectivity index (χ2v) is 6.06. The molecule has 0 radical (unpaired) electrons. The van der Waals surface area contributed by atoms with E-state index in [-0.39, 0.29) is 12.0 Å². The van der Waals surface area contributed by atoms with E-state index >= 15 is 0 Å². The van der Waals surface area contributed by atoms with Gasteiger partial charge in [0.25, 0.3) is 5.91 Å². The number of halogens is 1. The zero-order valence-electron chi connectivity index (χ0n) is 13.5. The third-order valence-corrected chi connectivity index (χ3v) is 3.65. The van der Waals surface area contributed by atoms with E-state index in [1.807, 2.05) is 32.0 Å². The SMILES string of the molecule is CC(C)Oc1cccc(CCCNC(=O)c2ccccc2Cl)c1. The molecule has 0 atom stereocenters. The van der Waals surface area contributed by atoms with Gasteiger partial charge in [0.1, 0.15) is 5.75 Å². The molecule has 0 fully saturated rings. The third-order valence-electron chi connectivity index (χ3n) is 3.32. The van der Waals surface area contributed by atoms with Crippen LogP contribution in [0.15, 0.2) is 48.5 Å². The van der Waals surface area contributed by atoms with Gasteiger partial charge in [-0.05, 0) is 56.5 Å². The van der Waals surface area contributed by atoms with E-state index in [0.29, 0.717) is 17.1 Å². The Balaban J connectivity index is 1.79. The van der Waals surface area contributed by atoms with Crippen LogP contribution in [0.4, 0.5) is 0 Å². The molecular formula is C19H22ClNO2. The van der Waals surface area contributed by atoms with Crippen LogP contribution >= 0.6 is 11.6 Å². The number of rotatable bonds is 7. The van der Waals surface area contributed by atoms with Gasteiger partial charge in [-0.1, -0.05) is 35.9 Å². The minimum Gasteiger partial charge on any atom is -0.491 e. The van der Waals surface area contributed by atoms with Crippen LogP contribution < -0.4 is 10.1 Å². The van der Waals surface area contributed by atoms with E-state index in [1.54, 1.807) is 18.2 Å². The van der Waals surface area contributed by atoms with Crippen molar-refractivity contribution in [3.8, 4) is 5.75 Å². The molecule has 0 saturated carbocycles. The van der Waals surface area contributed by atoms with Crippen LogP contribution in [-0.4, -0.2) is 18.6 Å². The summed E-state index contributed by atoms with van der Waals surface area (Å²) in [4.78, 5) is 12.0. The molecule has 0 saturated heterocycles. The fourth-order valence-corrected chi connectivity index (χ4v) is 2.50. The molecule has 0 aliphatic heterocycles. The Morgan fingerprint density at radius 1 is 1.17 bits per heavy atom. The Hall–Kier alpha value is -2.00. The number of benzene rings is 2. The van der Waals surface area contributed by atoms with Crippen LogP contribution in [0.2, 0.25) is 5.02 Å². The van der Waals surface area contributed by atoms with Gasteiger partial charge in [0, 0.05) is 6.54 Å². The van der Waals surface area contributed by atoms with Gasteiger partial charge in [-0.3, -0.25) is 4.79 Å². The molecule has 0 aliphatic rings. The van der Waals surface area contributed by atoms with Crippen LogP contribution in [0.3, 0.4) is 0 Å². The maximum absolute atomic E-state index is 12.0. The minimum absolute atomic E-state index is 0.132. The molecule has 2 rings (SSSR count). The van der Waals surface area contributed by atoms with Crippen molar-refractivity contribution in [3.05, 3.63) is 64.7 Å². The molecule has 0 heterocycles. The molecule has 122 valence electrons. The quantitative estimate of drug-likeness (QED) is 0.759. The number of amides is 1. The van der Waals surface area contributed by atoms with Gasteiger partial charge < -0.3 is 10.1 Å². The highest BCUT2D eigenvalue weighted by Gasteiger charge is 2.08. The number of hydrogen-bond donors (Lipinski definition) is 1. The van der Waals surface area contributed by atoms with Gasteiger partial charge in [-0.25, -0.2) is 0 Å². The Kier molecular flexibility index (Phi) is 6.48. The zero-order chi connectivity index (χ0) is 16.7. The highest BCUT2D eigenvalue weighted by molar-refractivity contribution is 6.33. The van der Waals surface area contributed by atoms with Crippen LogP contribution in [0, 0.1) is 0 Å². The molecule has 0 spiro atoms. The van der Waals surface area contributed by atoms with Crippen molar-refractivity contribution in [1.82, 2.24) is 5.32 Å². The smallest absolute Gasteiger partial charge is 0.252 e. The Labute approximate surface area is 142 Å². The Bertz CT molecular complexity index is 655. The zero-order valence-corrected chi connectivity index (χ0v) is 14.3. The van der Waals surface area contributed by atoms with E-state index in [2.05, 4.69) is 17.4 Å². The molecule has 3 nitrogen and oxygen atoms in total. The number of carbonyl (C=O) groups excluding carboxylic acids is 1. The molecule has 1 amide bonds. The maximum atomic E-state index is 12.0. The highest BCUT2D eigenvalue weighted by Crippen LogP contribution is 2.16. The van der Waals surface area contributed by atoms with Crippen molar-refractivity contribution in [2.45, 2.75) is 32.8 Å². The summed E-state index contributed by atoms with van der Waals surface area (Å²) >= 11 is 6.01. The molecule has 0 unspecified atom stereocenters. The molecule has 0 aliphatic carbocycles. The first-order chi connectivity index (χ1) is 11.1. The average Bonchev–Trinajstić information content (AvgIpc) is 2.51. The summed E-state index contributed by atoms with van der Waals surface area (Å²) in [7, 11) is 0. The summed E-state index contributed by atoms with van der Waals surface area (Å²) in [5.41, 5.74) is 1.72. The summed E-state index contributed by atoms with van der Waals surface area (Å²) in [6.45, 7) is 4.63. The summed E-state index contributed by atoms with van der Waals surface area (Å²) in [6, 6.07) is 15.1. The summed E-state index contributed by atoms with van der Waals surface area (Å²) in [5, 5.41) is 3.38. The van der Waals surface area contributed by atoms with Gasteiger partial charge in [0.05, 0.1) is 16.7 Å². The second-order valence-electron chi connectivity index (χ2n) is 5.65. The largest absolute Gasteiger partial charge is 0.491 e. The number of aryl methyl sites for hydroxylation is 1. The average molecular weight is 332 g/mol. The molecule has 0 bridgehead atoms. The van der Waals surface area contributed by atoms with Crippen molar-refractivity contribution in [2.24, 2.45) is 0 Å². The number of nitrogens with one attached hydrogen (secondary N) is 1. The van der Waals surface area contributed by atoms with Gasteiger partial charge in [-0.15, -0.1) is 0 Å². The Morgan fingerprint density at radius 3 is 2.70 bits per heavy atom. The van der Waals surface area contributed by atoms with Crippen LogP contribution in [0.5, 0.6) is 5.75 Å². The van der Waals surface area contributed by atoms with Gasteiger partial charge in [0.2, 0.25) is 0 Å². The van der Waals surface area contributed by atoms with Crippen molar-refractivity contribution < 1.29 is 9.53 Å². The normalized spacial score (nSPS) is 10.6. The van der Waals surface area contributed by atoms with Crippen LogP contribution in [0.25, 0.3) is 0 Å². The summed E-state index contributed by atoms with van der Waals surface area (Å²) in [5.74, 6) is 0.755. The van der Waals surface area contributed by atoms with Crippen molar-refractivity contribution in [1.29, 1.82) is 0 Å². The maximum Gasteiger partial charge on any atom is 0.252 e. The monoisotopic (exact) mass is 331 g/mol. The van der Waals surface area contributed by atoms with Crippen molar-refractivity contribution >= 4 is 17.5 Å². The lowest BCUT2D eigenvalue weighted by atomic mass is 10.1. The second kappa shape index (κ2) is 8.59. The van der Waals surface area contributed by atoms with E-state index in [9.17, 15) is 4.79 Å². The lowest BCUT2D eigenvalue weighted by Gasteiger charge is -2.11. The van der Waals surface area contributed by atoms with Crippen LogP contribution in [0.1, 0.15) is 36.2 Å². The topological polar surface area (TPSA) is 38.3 Å². The van der Waals surface area contributed by atoms with E-state index < -0.39 is 0 Å². The molecule has 23 heavy (non-hydrogen) atoms. The predicted octanol–water partition coefficient (Wildman–Crippen LogP) is 4.49. The molecular weight excluding hydrogens is 310 g/mol. The standard InChI is InChI=1S/C19H22ClNO2/c1-14(2)23-16-9-5-7-15(13-16)8-6-12-21-19(22)17-10-3-4-11-18(17)20/h3-5,7,9-11,13-14H,6,8,12H2,1-2H3,(H,21,22). The van der Waals surface area contributed by atoms with Crippen molar-refractivity contribution in [3.63, 3.8) is 0 Å². The lowest BCUT2D eigenvalue weighted by Crippen LogP contribution is -2.25. The fraction of sp³-hybridized carbons (Fsp3) is 0.316. The summed E-state index contributed by atoms with van der Waals surface area (Å²) < 4.78 is 5.69. The minimum atomic E-state index is -0.132. The van der Waals surface area contributed by atoms with Gasteiger partial charge in [-0.2, -0.15) is 0 Å². The van der Waals surface area contributed by atoms with E-state index in [1.165, 1.54) is 5.56 Å². The van der Waals surface area contributed by atoms with Gasteiger partial charge >= 0.3 is 0 Å². The van der Waals surface area contributed by atoms with Crippen molar-refractivity contribution in [2.75, 3.05) is 6.54 Å². The first-order valence-corrected chi connectivity index (χ1v) is 8.22. The van der Waals surface area contributed by atoms with E-state index in [4.69, 9.17) is 16.3 Å². The number of carbonyl (C=O) groups is 1. The molecule has 2 aromatic carbocycles. The summed E-state index contributed by atoms with van der Waals surface area (Å²) in [6.07, 6.45) is 1.92. The number of ether oxygens (including phenoxy) is 1.